The van der Waals surface area contributed by atoms with Gasteiger partial charge in [-0.3, -0.25) is 4.79 Å². The van der Waals surface area contributed by atoms with Crippen molar-refractivity contribution in [3.8, 4) is 11.5 Å². The zero-order valence-corrected chi connectivity index (χ0v) is 13.9. The van der Waals surface area contributed by atoms with E-state index < -0.39 is 6.10 Å². The zero-order valence-electron chi connectivity index (χ0n) is 13.9. The summed E-state index contributed by atoms with van der Waals surface area (Å²) in [5, 5.41) is 2.76. The molecular weight excluding hydrogens is 322 g/mol. The van der Waals surface area contributed by atoms with Gasteiger partial charge in [0.05, 0.1) is 12.2 Å². The second-order valence-electron chi connectivity index (χ2n) is 5.57. The number of esters is 1. The van der Waals surface area contributed by atoms with Crippen molar-refractivity contribution in [1.82, 2.24) is 0 Å². The van der Waals surface area contributed by atoms with Crippen LogP contribution in [0, 0.1) is 0 Å². The molecule has 130 valence electrons. The summed E-state index contributed by atoms with van der Waals surface area (Å²) in [5.74, 6) is 0.487. The van der Waals surface area contributed by atoms with Crippen LogP contribution in [0.2, 0.25) is 0 Å². The first-order valence-corrected chi connectivity index (χ1v) is 8.14. The third kappa shape index (κ3) is 4.09. The van der Waals surface area contributed by atoms with Crippen molar-refractivity contribution in [3.05, 3.63) is 54.1 Å². The van der Waals surface area contributed by atoms with Crippen LogP contribution in [-0.2, 0) is 9.53 Å². The molecule has 0 aromatic heterocycles. The first-order chi connectivity index (χ1) is 12.2. The van der Waals surface area contributed by atoms with E-state index in [1.165, 1.54) is 0 Å². The molecule has 1 aliphatic rings. The van der Waals surface area contributed by atoms with Crippen LogP contribution in [0.4, 0.5) is 5.69 Å². The van der Waals surface area contributed by atoms with Crippen molar-refractivity contribution < 1.29 is 23.8 Å². The van der Waals surface area contributed by atoms with Crippen LogP contribution in [0.5, 0.6) is 11.5 Å². The SMILES string of the molecule is CCCOC(=O)c1ccc(NC(=O)[C@@H]2COc3ccccc3O2)cc1. The molecule has 6 heteroatoms. The quantitative estimate of drug-likeness (QED) is 0.846. The van der Waals surface area contributed by atoms with Gasteiger partial charge in [0.1, 0.15) is 6.61 Å². The van der Waals surface area contributed by atoms with Gasteiger partial charge in [0.25, 0.3) is 5.91 Å². The molecule has 25 heavy (non-hydrogen) atoms. The molecule has 0 saturated heterocycles. The van der Waals surface area contributed by atoms with Crippen LogP contribution in [0.15, 0.2) is 48.5 Å². The number of hydrogen-bond donors (Lipinski definition) is 1. The highest BCUT2D eigenvalue weighted by Crippen LogP contribution is 2.31. The maximum atomic E-state index is 12.3. The summed E-state index contributed by atoms with van der Waals surface area (Å²) < 4.78 is 16.3. The Bertz CT molecular complexity index is 757. The van der Waals surface area contributed by atoms with Crippen molar-refractivity contribution >= 4 is 17.6 Å². The lowest BCUT2D eigenvalue weighted by Crippen LogP contribution is -2.40. The van der Waals surface area contributed by atoms with Gasteiger partial charge in [-0.25, -0.2) is 4.79 Å². The first-order valence-electron chi connectivity index (χ1n) is 8.14. The standard InChI is InChI=1S/C19H19NO5/c1-2-11-23-19(22)13-7-9-14(10-8-13)20-18(21)17-12-24-15-5-3-4-6-16(15)25-17/h3-10,17H,2,11-12H2,1H3,(H,20,21)/t17-/m0/s1. The molecule has 1 heterocycles. The number of amides is 1. The molecule has 0 saturated carbocycles. The Morgan fingerprint density at radius 2 is 1.84 bits per heavy atom. The van der Waals surface area contributed by atoms with Gasteiger partial charge in [-0.05, 0) is 42.8 Å². The molecule has 1 atom stereocenters. The number of benzene rings is 2. The van der Waals surface area contributed by atoms with Crippen LogP contribution in [0.1, 0.15) is 23.7 Å². The van der Waals surface area contributed by atoms with E-state index in [0.717, 1.165) is 6.42 Å². The van der Waals surface area contributed by atoms with E-state index in [1.54, 1.807) is 36.4 Å². The topological polar surface area (TPSA) is 73.9 Å². The summed E-state index contributed by atoms with van der Waals surface area (Å²) in [7, 11) is 0. The molecule has 1 amide bonds. The van der Waals surface area contributed by atoms with Gasteiger partial charge in [-0.2, -0.15) is 0 Å². The van der Waals surface area contributed by atoms with Gasteiger partial charge < -0.3 is 19.5 Å². The molecule has 0 spiro atoms. The Kier molecular flexibility index (Phi) is 5.18. The van der Waals surface area contributed by atoms with E-state index in [9.17, 15) is 9.59 Å². The molecule has 0 bridgehead atoms. The molecule has 1 N–H and O–H groups in total. The lowest BCUT2D eigenvalue weighted by atomic mass is 10.2. The van der Waals surface area contributed by atoms with E-state index in [0.29, 0.717) is 29.4 Å². The van der Waals surface area contributed by atoms with Gasteiger partial charge in [-0.1, -0.05) is 19.1 Å². The number of para-hydroxylation sites is 2. The molecule has 2 aromatic carbocycles. The summed E-state index contributed by atoms with van der Waals surface area (Å²) >= 11 is 0. The van der Waals surface area contributed by atoms with E-state index in [4.69, 9.17) is 14.2 Å². The lowest BCUT2D eigenvalue weighted by Gasteiger charge is -2.25. The normalized spacial score (nSPS) is 15.3. The number of nitrogens with one attached hydrogen (secondary N) is 1. The van der Waals surface area contributed by atoms with Gasteiger partial charge in [0.2, 0.25) is 6.10 Å². The fourth-order valence-electron chi connectivity index (χ4n) is 2.34. The molecule has 0 radical (unpaired) electrons. The Morgan fingerprint density at radius 3 is 2.56 bits per heavy atom. The Balaban J connectivity index is 1.59. The summed E-state index contributed by atoms with van der Waals surface area (Å²) in [4.78, 5) is 24.1. The fourth-order valence-corrected chi connectivity index (χ4v) is 2.34. The molecule has 0 fully saturated rings. The van der Waals surface area contributed by atoms with Crippen molar-refractivity contribution in [2.45, 2.75) is 19.4 Å². The molecule has 6 nitrogen and oxygen atoms in total. The largest absolute Gasteiger partial charge is 0.485 e. The highest BCUT2D eigenvalue weighted by Gasteiger charge is 2.27. The van der Waals surface area contributed by atoms with Crippen LogP contribution < -0.4 is 14.8 Å². The molecular formula is C19H19NO5. The van der Waals surface area contributed by atoms with Crippen LogP contribution in [0.25, 0.3) is 0 Å². The Labute approximate surface area is 145 Å². The summed E-state index contributed by atoms with van der Waals surface area (Å²) in [5.41, 5.74) is 1.01. The highest BCUT2D eigenvalue weighted by atomic mass is 16.6. The number of carbonyl (C=O) groups excluding carboxylic acids is 2. The van der Waals surface area contributed by atoms with E-state index in [2.05, 4.69) is 5.32 Å². The predicted octanol–water partition coefficient (Wildman–Crippen LogP) is 3.03. The molecule has 3 rings (SSSR count). The number of hydrogen-bond acceptors (Lipinski definition) is 5. The van der Waals surface area contributed by atoms with Crippen molar-refractivity contribution in [1.29, 1.82) is 0 Å². The smallest absolute Gasteiger partial charge is 0.338 e. The highest BCUT2D eigenvalue weighted by molar-refractivity contribution is 5.95. The lowest BCUT2D eigenvalue weighted by molar-refractivity contribution is -0.125. The average Bonchev–Trinajstić information content (AvgIpc) is 2.66. The minimum Gasteiger partial charge on any atom is -0.485 e. The number of anilines is 1. The van der Waals surface area contributed by atoms with Gasteiger partial charge in [-0.15, -0.1) is 0 Å². The van der Waals surface area contributed by atoms with Crippen molar-refractivity contribution in [2.75, 3.05) is 18.5 Å². The third-order valence-corrected chi connectivity index (χ3v) is 3.63. The maximum absolute atomic E-state index is 12.3. The van der Waals surface area contributed by atoms with E-state index in [1.807, 2.05) is 19.1 Å². The predicted molar refractivity (Wildman–Crippen MR) is 92.0 cm³/mol. The first kappa shape index (κ1) is 16.8. The number of rotatable bonds is 5. The van der Waals surface area contributed by atoms with Crippen LogP contribution >= 0.6 is 0 Å². The number of fused-ring (bicyclic) bond motifs is 1. The Hall–Kier alpha value is -3.02. The van der Waals surface area contributed by atoms with Crippen LogP contribution in [-0.4, -0.2) is 31.2 Å². The maximum Gasteiger partial charge on any atom is 0.338 e. The minimum absolute atomic E-state index is 0.143. The molecule has 1 aliphatic heterocycles. The summed E-state index contributed by atoms with van der Waals surface area (Å²) in [6.45, 7) is 2.46. The van der Waals surface area contributed by atoms with Gasteiger partial charge >= 0.3 is 5.97 Å². The summed E-state index contributed by atoms with van der Waals surface area (Å²) in [6, 6.07) is 13.7. The van der Waals surface area contributed by atoms with Gasteiger partial charge in [0.15, 0.2) is 11.5 Å². The van der Waals surface area contributed by atoms with Gasteiger partial charge in [0, 0.05) is 5.69 Å². The second-order valence-corrected chi connectivity index (χ2v) is 5.57. The van der Waals surface area contributed by atoms with Crippen molar-refractivity contribution in [2.24, 2.45) is 0 Å². The molecule has 2 aromatic rings. The second kappa shape index (κ2) is 7.70. The fraction of sp³-hybridized carbons (Fsp3) is 0.263. The van der Waals surface area contributed by atoms with Crippen molar-refractivity contribution in [3.63, 3.8) is 0 Å². The molecule has 0 unspecified atom stereocenters. The minimum atomic E-state index is -0.732. The molecule has 0 aliphatic carbocycles. The Morgan fingerprint density at radius 1 is 1.12 bits per heavy atom. The third-order valence-electron chi connectivity index (χ3n) is 3.63. The number of carbonyl (C=O) groups is 2. The monoisotopic (exact) mass is 341 g/mol. The van der Waals surface area contributed by atoms with Crippen LogP contribution in [0.3, 0.4) is 0 Å². The zero-order chi connectivity index (χ0) is 17.6. The van der Waals surface area contributed by atoms with E-state index in [-0.39, 0.29) is 18.5 Å². The summed E-state index contributed by atoms with van der Waals surface area (Å²) in [6.07, 6.45) is 0.0380. The average molecular weight is 341 g/mol. The van der Waals surface area contributed by atoms with E-state index >= 15 is 0 Å². The number of ether oxygens (including phenoxy) is 3.